The molecule has 0 aliphatic carbocycles. The lowest BCUT2D eigenvalue weighted by Crippen LogP contribution is -2.49. The van der Waals surface area contributed by atoms with Crippen molar-refractivity contribution in [2.24, 2.45) is 0 Å². The molecule has 1 saturated heterocycles. The molecule has 25 heavy (non-hydrogen) atoms. The molecule has 4 nitrogen and oxygen atoms in total. The van der Waals surface area contributed by atoms with Gasteiger partial charge in [-0.2, -0.15) is 0 Å². The molecule has 0 saturated carbocycles. The van der Waals surface area contributed by atoms with Crippen LogP contribution in [0.2, 0.25) is 0 Å². The van der Waals surface area contributed by atoms with Crippen molar-refractivity contribution in [2.45, 2.75) is 24.7 Å². The lowest BCUT2D eigenvalue weighted by atomic mass is 9.72. The predicted octanol–water partition coefficient (Wildman–Crippen LogP) is 3.53. The highest BCUT2D eigenvalue weighted by molar-refractivity contribution is 5.65. The minimum atomic E-state index is -0.807. The summed E-state index contributed by atoms with van der Waals surface area (Å²) in [4.78, 5) is 12.8. The van der Waals surface area contributed by atoms with Gasteiger partial charge in [0.05, 0.1) is 0 Å². The lowest BCUT2D eigenvalue weighted by Gasteiger charge is -2.41. The SMILES string of the molecule is O=C(O)N1CCC(CNCCc2ccccc2)(c2ccccc2)CC1. The van der Waals surface area contributed by atoms with Crippen LogP contribution in [0.5, 0.6) is 0 Å². The smallest absolute Gasteiger partial charge is 0.407 e. The van der Waals surface area contributed by atoms with Crippen molar-refractivity contribution in [3.05, 3.63) is 71.8 Å². The molecule has 3 rings (SSSR count). The minimum absolute atomic E-state index is 0.0178. The van der Waals surface area contributed by atoms with Crippen LogP contribution in [-0.4, -0.2) is 42.3 Å². The Bertz CT molecular complexity index is 665. The third-order valence-electron chi connectivity index (χ3n) is 5.27. The summed E-state index contributed by atoms with van der Waals surface area (Å²) in [6, 6.07) is 21.0. The summed E-state index contributed by atoms with van der Waals surface area (Å²) in [5.41, 5.74) is 2.67. The number of likely N-dealkylation sites (tertiary alicyclic amines) is 1. The molecule has 1 aliphatic rings. The van der Waals surface area contributed by atoms with Gasteiger partial charge in [-0.15, -0.1) is 0 Å². The fourth-order valence-corrected chi connectivity index (χ4v) is 3.69. The van der Waals surface area contributed by atoms with Crippen molar-refractivity contribution < 1.29 is 9.90 Å². The summed E-state index contributed by atoms with van der Waals surface area (Å²) in [7, 11) is 0. The maximum atomic E-state index is 11.2. The van der Waals surface area contributed by atoms with Gasteiger partial charge in [-0.1, -0.05) is 60.7 Å². The number of carboxylic acid groups (broad SMARTS) is 1. The Balaban J connectivity index is 1.63. The van der Waals surface area contributed by atoms with Gasteiger partial charge in [0.1, 0.15) is 0 Å². The molecule has 132 valence electrons. The summed E-state index contributed by atoms with van der Waals surface area (Å²) in [5.74, 6) is 0. The number of hydrogen-bond donors (Lipinski definition) is 2. The molecule has 2 aromatic rings. The van der Waals surface area contributed by atoms with Crippen molar-refractivity contribution in [2.75, 3.05) is 26.2 Å². The van der Waals surface area contributed by atoms with Crippen molar-refractivity contribution >= 4 is 6.09 Å². The Morgan fingerprint density at radius 3 is 2.20 bits per heavy atom. The Kier molecular flexibility index (Phi) is 5.71. The van der Waals surface area contributed by atoms with E-state index < -0.39 is 6.09 Å². The first-order chi connectivity index (χ1) is 12.2. The van der Waals surface area contributed by atoms with E-state index in [4.69, 9.17) is 0 Å². The minimum Gasteiger partial charge on any atom is -0.465 e. The topological polar surface area (TPSA) is 52.6 Å². The van der Waals surface area contributed by atoms with Crippen LogP contribution in [0.25, 0.3) is 0 Å². The zero-order valence-electron chi connectivity index (χ0n) is 14.5. The molecule has 0 radical (unpaired) electrons. The summed E-state index contributed by atoms with van der Waals surface area (Å²) in [5, 5.41) is 12.9. The van der Waals surface area contributed by atoms with Gasteiger partial charge in [-0.05, 0) is 36.9 Å². The largest absolute Gasteiger partial charge is 0.465 e. The van der Waals surface area contributed by atoms with Crippen molar-refractivity contribution in [3.8, 4) is 0 Å². The number of nitrogens with one attached hydrogen (secondary N) is 1. The quantitative estimate of drug-likeness (QED) is 0.792. The molecule has 1 aliphatic heterocycles. The fourth-order valence-electron chi connectivity index (χ4n) is 3.69. The zero-order valence-corrected chi connectivity index (χ0v) is 14.5. The van der Waals surface area contributed by atoms with Crippen molar-refractivity contribution in [1.29, 1.82) is 0 Å². The number of piperidine rings is 1. The highest BCUT2D eigenvalue weighted by Crippen LogP contribution is 2.35. The van der Waals surface area contributed by atoms with E-state index in [1.54, 1.807) is 0 Å². The van der Waals surface area contributed by atoms with Crippen LogP contribution in [0.3, 0.4) is 0 Å². The Morgan fingerprint density at radius 1 is 1.00 bits per heavy atom. The van der Waals surface area contributed by atoms with Gasteiger partial charge in [0.15, 0.2) is 0 Å². The fraction of sp³-hybridized carbons (Fsp3) is 0.381. The molecular weight excluding hydrogens is 312 g/mol. The molecule has 0 spiro atoms. The standard InChI is InChI=1S/C21H26N2O2/c24-20(25)23-15-12-21(13-16-23,19-9-5-2-6-10-19)17-22-14-11-18-7-3-1-4-8-18/h1-10,22H,11-17H2,(H,24,25). The predicted molar refractivity (Wildman–Crippen MR) is 100.0 cm³/mol. The Labute approximate surface area is 149 Å². The summed E-state index contributed by atoms with van der Waals surface area (Å²) in [6.07, 6.45) is 1.93. The van der Waals surface area contributed by atoms with Gasteiger partial charge in [0.25, 0.3) is 0 Å². The first-order valence-corrected chi connectivity index (χ1v) is 8.98. The normalized spacial score (nSPS) is 16.6. The van der Waals surface area contributed by atoms with Crippen LogP contribution in [0.15, 0.2) is 60.7 Å². The summed E-state index contributed by atoms with van der Waals surface area (Å²) < 4.78 is 0. The molecule has 2 aromatic carbocycles. The van der Waals surface area contributed by atoms with Crippen LogP contribution in [0.1, 0.15) is 24.0 Å². The van der Waals surface area contributed by atoms with Crippen LogP contribution in [-0.2, 0) is 11.8 Å². The molecule has 0 bridgehead atoms. The van der Waals surface area contributed by atoms with E-state index >= 15 is 0 Å². The van der Waals surface area contributed by atoms with Gasteiger partial charge in [0, 0.05) is 25.0 Å². The second-order valence-corrected chi connectivity index (χ2v) is 6.83. The van der Waals surface area contributed by atoms with E-state index in [1.165, 1.54) is 16.0 Å². The number of carbonyl (C=O) groups is 1. The van der Waals surface area contributed by atoms with Gasteiger partial charge < -0.3 is 15.3 Å². The van der Waals surface area contributed by atoms with Gasteiger partial charge in [0.2, 0.25) is 0 Å². The molecule has 1 heterocycles. The van der Waals surface area contributed by atoms with Crippen molar-refractivity contribution in [1.82, 2.24) is 10.2 Å². The molecule has 1 fully saturated rings. The number of benzene rings is 2. The molecule has 4 heteroatoms. The Morgan fingerprint density at radius 2 is 1.60 bits per heavy atom. The second-order valence-electron chi connectivity index (χ2n) is 6.83. The molecule has 0 atom stereocenters. The first-order valence-electron chi connectivity index (χ1n) is 8.98. The van der Waals surface area contributed by atoms with E-state index in [2.05, 4.69) is 53.8 Å². The van der Waals surface area contributed by atoms with E-state index in [0.29, 0.717) is 13.1 Å². The van der Waals surface area contributed by atoms with Gasteiger partial charge >= 0.3 is 6.09 Å². The number of amides is 1. The second kappa shape index (κ2) is 8.17. The lowest BCUT2D eigenvalue weighted by molar-refractivity contribution is 0.115. The molecule has 2 N–H and O–H groups in total. The number of rotatable bonds is 6. The Hall–Kier alpha value is -2.33. The number of hydrogen-bond acceptors (Lipinski definition) is 2. The molecular formula is C21H26N2O2. The van der Waals surface area contributed by atoms with Crippen LogP contribution < -0.4 is 5.32 Å². The van der Waals surface area contributed by atoms with Gasteiger partial charge in [-0.25, -0.2) is 4.79 Å². The van der Waals surface area contributed by atoms with Crippen LogP contribution >= 0.6 is 0 Å². The average molecular weight is 338 g/mol. The molecule has 0 aromatic heterocycles. The van der Waals surface area contributed by atoms with Crippen molar-refractivity contribution in [3.63, 3.8) is 0 Å². The first kappa shape index (κ1) is 17.5. The van der Waals surface area contributed by atoms with E-state index in [9.17, 15) is 9.90 Å². The van der Waals surface area contributed by atoms with Crippen LogP contribution in [0.4, 0.5) is 4.79 Å². The molecule has 0 unspecified atom stereocenters. The van der Waals surface area contributed by atoms with Gasteiger partial charge in [-0.3, -0.25) is 0 Å². The van der Waals surface area contributed by atoms with E-state index in [1.807, 2.05) is 12.1 Å². The highest BCUT2D eigenvalue weighted by Gasteiger charge is 2.37. The van der Waals surface area contributed by atoms with Crippen LogP contribution in [0, 0.1) is 0 Å². The third kappa shape index (κ3) is 4.40. The highest BCUT2D eigenvalue weighted by atomic mass is 16.4. The number of nitrogens with zero attached hydrogens (tertiary/aromatic N) is 1. The van der Waals surface area contributed by atoms with E-state index in [0.717, 1.165) is 32.4 Å². The third-order valence-corrected chi connectivity index (χ3v) is 5.27. The maximum absolute atomic E-state index is 11.2. The monoisotopic (exact) mass is 338 g/mol. The summed E-state index contributed by atoms with van der Waals surface area (Å²) >= 11 is 0. The van der Waals surface area contributed by atoms with E-state index in [-0.39, 0.29) is 5.41 Å². The summed E-state index contributed by atoms with van der Waals surface area (Å²) in [6.45, 7) is 3.02. The maximum Gasteiger partial charge on any atom is 0.407 e. The molecule has 1 amide bonds. The average Bonchev–Trinajstić information content (AvgIpc) is 2.67. The zero-order chi connectivity index (χ0) is 17.5.